The van der Waals surface area contributed by atoms with E-state index in [1.54, 1.807) is 0 Å². The van der Waals surface area contributed by atoms with E-state index in [4.69, 9.17) is 29.4 Å². The lowest BCUT2D eigenvalue weighted by molar-refractivity contribution is -0.119. The molecule has 1 rings (SSSR count). The van der Waals surface area contributed by atoms with Crippen molar-refractivity contribution in [3.63, 3.8) is 0 Å². The summed E-state index contributed by atoms with van der Waals surface area (Å²) < 4.78 is 26.7. The molecular weight excluding hydrogens is 380 g/mol. The highest BCUT2D eigenvalue weighted by Crippen LogP contribution is 2.15. The van der Waals surface area contributed by atoms with Crippen molar-refractivity contribution in [2.75, 3.05) is 59.4 Å². The molecule has 0 bridgehead atoms. The second-order valence-corrected chi connectivity index (χ2v) is 6.60. The van der Waals surface area contributed by atoms with Crippen LogP contribution in [-0.4, -0.2) is 77.5 Å². The Labute approximate surface area is 173 Å². The second-order valence-electron chi connectivity index (χ2n) is 6.60. The van der Waals surface area contributed by atoms with Crippen molar-refractivity contribution in [3.05, 3.63) is 12.2 Å². The van der Waals surface area contributed by atoms with Gasteiger partial charge in [0, 0.05) is 13.0 Å². The lowest BCUT2D eigenvalue weighted by Crippen LogP contribution is -2.31. The molecule has 0 heterocycles. The van der Waals surface area contributed by atoms with Gasteiger partial charge in [-0.25, -0.2) is 4.79 Å². The summed E-state index contributed by atoms with van der Waals surface area (Å²) in [7, 11) is 0. The first-order valence-corrected chi connectivity index (χ1v) is 10.4. The van der Waals surface area contributed by atoms with E-state index in [9.17, 15) is 9.59 Å². The molecular formula is C20H36N2O7. The van der Waals surface area contributed by atoms with Crippen LogP contribution in [0.25, 0.3) is 0 Å². The fourth-order valence-corrected chi connectivity index (χ4v) is 2.60. The first kappa shape index (κ1) is 25.4. The molecule has 1 aliphatic carbocycles. The summed E-state index contributed by atoms with van der Waals surface area (Å²) >= 11 is 0. The van der Waals surface area contributed by atoms with E-state index in [1.807, 2.05) is 0 Å². The fourth-order valence-electron chi connectivity index (χ4n) is 2.60. The van der Waals surface area contributed by atoms with Crippen LogP contribution in [0.1, 0.15) is 38.5 Å². The Morgan fingerprint density at radius 1 is 0.828 bits per heavy atom. The predicted molar refractivity (Wildman–Crippen MR) is 108 cm³/mol. The number of hydrogen-bond acceptors (Lipinski definition) is 7. The Morgan fingerprint density at radius 3 is 2.07 bits per heavy atom. The summed E-state index contributed by atoms with van der Waals surface area (Å²) in [5, 5.41) is 2.71. The van der Waals surface area contributed by atoms with E-state index in [2.05, 4.69) is 17.5 Å². The maximum absolute atomic E-state index is 11.8. The Balaban J connectivity index is 1.80. The van der Waals surface area contributed by atoms with Crippen molar-refractivity contribution in [1.29, 1.82) is 0 Å². The Morgan fingerprint density at radius 2 is 1.41 bits per heavy atom. The number of carbonyl (C=O) groups is 2. The van der Waals surface area contributed by atoms with Gasteiger partial charge in [-0.3, -0.25) is 4.79 Å². The number of alkyl carbamates (subject to hydrolysis) is 1. The van der Waals surface area contributed by atoms with E-state index in [1.165, 1.54) is 0 Å². The minimum Gasteiger partial charge on any atom is -0.446 e. The van der Waals surface area contributed by atoms with Crippen LogP contribution in [0.5, 0.6) is 0 Å². The van der Waals surface area contributed by atoms with Crippen LogP contribution in [0.2, 0.25) is 0 Å². The first-order valence-electron chi connectivity index (χ1n) is 10.4. The zero-order valence-electron chi connectivity index (χ0n) is 17.3. The van der Waals surface area contributed by atoms with Crippen LogP contribution in [0, 0.1) is 0 Å². The van der Waals surface area contributed by atoms with Gasteiger partial charge in [0.1, 0.15) is 6.10 Å². The molecule has 0 spiro atoms. The van der Waals surface area contributed by atoms with Crippen LogP contribution >= 0.6 is 0 Å². The molecule has 0 radical (unpaired) electrons. The molecule has 1 atom stereocenters. The quantitative estimate of drug-likeness (QED) is 0.289. The number of allylic oxidation sites excluding steroid dienone is 2. The maximum Gasteiger partial charge on any atom is 0.407 e. The lowest BCUT2D eigenvalue weighted by atomic mass is 10.0. The molecule has 0 saturated heterocycles. The summed E-state index contributed by atoms with van der Waals surface area (Å²) in [4.78, 5) is 22.3. The first-order chi connectivity index (χ1) is 14.2. The third kappa shape index (κ3) is 16.9. The van der Waals surface area contributed by atoms with Crippen molar-refractivity contribution in [1.82, 2.24) is 5.32 Å². The summed E-state index contributed by atoms with van der Waals surface area (Å²) in [6.45, 7) is 3.82. The van der Waals surface area contributed by atoms with Gasteiger partial charge in [-0.05, 0) is 32.1 Å². The molecule has 168 valence electrons. The summed E-state index contributed by atoms with van der Waals surface area (Å²) in [5.74, 6) is -0.375. The molecule has 1 aliphatic rings. The van der Waals surface area contributed by atoms with Gasteiger partial charge in [0.2, 0.25) is 5.91 Å². The number of ether oxygens (including phenoxy) is 5. The SMILES string of the molecule is NC(=O)CCOCCOCCOCCOCCNC(=O)OC1CC/C=C/CCC1. The molecule has 29 heavy (non-hydrogen) atoms. The molecule has 0 aromatic heterocycles. The lowest BCUT2D eigenvalue weighted by Gasteiger charge is -2.18. The monoisotopic (exact) mass is 416 g/mol. The number of nitrogens with two attached hydrogens (primary N) is 1. The van der Waals surface area contributed by atoms with Crippen LogP contribution in [0.4, 0.5) is 4.79 Å². The average molecular weight is 417 g/mol. The maximum atomic E-state index is 11.8. The van der Waals surface area contributed by atoms with Crippen LogP contribution < -0.4 is 11.1 Å². The molecule has 0 fully saturated rings. The molecule has 9 heteroatoms. The Kier molecular flexibility index (Phi) is 16.0. The molecule has 0 aliphatic heterocycles. The smallest absolute Gasteiger partial charge is 0.407 e. The topological polar surface area (TPSA) is 118 Å². The van der Waals surface area contributed by atoms with Crippen molar-refractivity contribution in [2.24, 2.45) is 5.73 Å². The van der Waals surface area contributed by atoms with Crippen LogP contribution in [0.3, 0.4) is 0 Å². The summed E-state index contributed by atoms with van der Waals surface area (Å²) in [6.07, 6.45) is 9.03. The predicted octanol–water partition coefficient (Wildman–Crippen LogP) is 1.54. The Hall–Kier alpha value is -1.68. The highest BCUT2D eigenvalue weighted by molar-refractivity contribution is 5.73. The number of amides is 2. The molecule has 0 saturated carbocycles. The molecule has 3 N–H and O–H groups in total. The van der Waals surface area contributed by atoms with E-state index in [0.717, 1.165) is 32.1 Å². The van der Waals surface area contributed by atoms with Crippen molar-refractivity contribution < 1.29 is 33.3 Å². The number of hydrogen-bond donors (Lipinski definition) is 2. The van der Waals surface area contributed by atoms with Crippen molar-refractivity contribution >= 4 is 12.0 Å². The van der Waals surface area contributed by atoms with E-state index < -0.39 is 0 Å². The summed E-state index contributed by atoms with van der Waals surface area (Å²) in [5.41, 5.74) is 4.99. The third-order valence-corrected chi connectivity index (χ3v) is 4.12. The van der Waals surface area contributed by atoms with Gasteiger partial charge in [-0.1, -0.05) is 12.2 Å². The van der Waals surface area contributed by atoms with E-state index in [-0.39, 0.29) is 24.5 Å². The minimum atomic E-state index is -0.379. The van der Waals surface area contributed by atoms with Gasteiger partial charge < -0.3 is 34.7 Å². The van der Waals surface area contributed by atoms with E-state index in [0.29, 0.717) is 59.4 Å². The van der Waals surface area contributed by atoms with Gasteiger partial charge in [-0.2, -0.15) is 0 Å². The number of rotatable bonds is 16. The normalized spacial score (nSPS) is 17.9. The van der Waals surface area contributed by atoms with Gasteiger partial charge in [-0.15, -0.1) is 0 Å². The molecule has 0 aromatic carbocycles. The largest absolute Gasteiger partial charge is 0.446 e. The molecule has 2 amide bonds. The third-order valence-electron chi connectivity index (χ3n) is 4.12. The highest BCUT2D eigenvalue weighted by Gasteiger charge is 2.14. The fraction of sp³-hybridized carbons (Fsp3) is 0.800. The van der Waals surface area contributed by atoms with E-state index >= 15 is 0 Å². The van der Waals surface area contributed by atoms with Gasteiger partial charge in [0.25, 0.3) is 0 Å². The number of primary amides is 1. The van der Waals surface area contributed by atoms with Crippen molar-refractivity contribution in [2.45, 2.75) is 44.6 Å². The second kappa shape index (κ2) is 18.4. The van der Waals surface area contributed by atoms with Gasteiger partial charge in [0.15, 0.2) is 0 Å². The van der Waals surface area contributed by atoms with Crippen LogP contribution in [-0.2, 0) is 28.5 Å². The minimum absolute atomic E-state index is 0.00167. The molecule has 0 aromatic rings. The average Bonchev–Trinajstić information content (AvgIpc) is 2.66. The molecule has 9 nitrogen and oxygen atoms in total. The van der Waals surface area contributed by atoms with Crippen molar-refractivity contribution in [3.8, 4) is 0 Å². The zero-order chi connectivity index (χ0) is 21.0. The zero-order valence-corrected chi connectivity index (χ0v) is 17.3. The Bertz CT molecular complexity index is 460. The van der Waals surface area contributed by atoms with Crippen LogP contribution in [0.15, 0.2) is 12.2 Å². The van der Waals surface area contributed by atoms with Gasteiger partial charge in [0.05, 0.1) is 52.9 Å². The number of carbonyl (C=O) groups excluding carboxylic acids is 2. The van der Waals surface area contributed by atoms with Gasteiger partial charge >= 0.3 is 6.09 Å². The standard InChI is InChI=1S/C20H36N2O7/c21-19(23)8-10-25-12-14-27-16-17-28-15-13-26-11-9-22-20(24)29-18-6-4-2-1-3-5-7-18/h1-2,18H,3-17H2,(H2,21,23)(H,22,24)/b2-1+. The summed E-state index contributed by atoms with van der Waals surface area (Å²) in [6, 6.07) is 0. The molecule has 1 unspecified atom stereocenters. The highest BCUT2D eigenvalue weighted by atomic mass is 16.6. The number of nitrogens with one attached hydrogen (secondary N) is 1.